The molecule has 1 fully saturated rings. The van der Waals surface area contributed by atoms with Gasteiger partial charge in [-0.2, -0.15) is 13.2 Å². The van der Waals surface area contributed by atoms with Crippen LogP contribution in [0.3, 0.4) is 0 Å². The van der Waals surface area contributed by atoms with Crippen molar-refractivity contribution >= 4 is 45.7 Å². The highest BCUT2D eigenvalue weighted by Gasteiger charge is 2.33. The predicted octanol–water partition coefficient (Wildman–Crippen LogP) is 6.05. The molecule has 0 bridgehead atoms. The number of urea groups is 1. The zero-order valence-corrected chi connectivity index (χ0v) is 18.2. The highest BCUT2D eigenvalue weighted by Crippen LogP contribution is 2.36. The number of amides is 2. The van der Waals surface area contributed by atoms with Crippen LogP contribution in [0.5, 0.6) is 0 Å². The van der Waals surface area contributed by atoms with Gasteiger partial charge in [0.05, 0.1) is 21.7 Å². The van der Waals surface area contributed by atoms with Crippen LogP contribution in [0.4, 0.5) is 28.8 Å². The molecule has 12 heteroatoms. The summed E-state index contributed by atoms with van der Waals surface area (Å²) in [5, 5.41) is 6.02. The van der Waals surface area contributed by atoms with E-state index in [1.54, 1.807) is 18.6 Å². The Morgan fingerprint density at radius 2 is 1.94 bits per heavy atom. The van der Waals surface area contributed by atoms with E-state index in [1.807, 2.05) is 0 Å². The van der Waals surface area contributed by atoms with E-state index in [-0.39, 0.29) is 23.0 Å². The third kappa shape index (κ3) is 5.30. The molecule has 7 nitrogen and oxygen atoms in total. The predicted molar refractivity (Wildman–Crippen MR) is 115 cm³/mol. The number of hydrogen-bond acceptors (Lipinski definition) is 6. The Balaban J connectivity index is 1.49. The van der Waals surface area contributed by atoms with Crippen LogP contribution >= 0.6 is 23.1 Å². The van der Waals surface area contributed by atoms with Crippen LogP contribution in [-0.4, -0.2) is 26.8 Å². The second kappa shape index (κ2) is 9.33. The number of thiazole rings is 1. The van der Waals surface area contributed by atoms with Gasteiger partial charge in [0, 0.05) is 23.9 Å². The van der Waals surface area contributed by atoms with Gasteiger partial charge in [-0.3, -0.25) is 10.1 Å². The van der Waals surface area contributed by atoms with Crippen LogP contribution < -0.4 is 10.6 Å². The lowest BCUT2D eigenvalue weighted by molar-refractivity contribution is -0.137. The molecule has 2 amide bonds. The van der Waals surface area contributed by atoms with Crippen molar-refractivity contribution in [2.75, 3.05) is 10.6 Å². The van der Waals surface area contributed by atoms with Gasteiger partial charge in [-0.05, 0) is 42.8 Å². The fraction of sp³-hybridized carbons (Fsp3) is 0.300. The largest absolute Gasteiger partial charge is 0.416 e. The maximum atomic E-state index is 13.2. The molecule has 168 valence electrons. The fourth-order valence-electron chi connectivity index (χ4n) is 3.46. The van der Waals surface area contributed by atoms with Gasteiger partial charge >= 0.3 is 12.2 Å². The SMILES string of the molecule is O=C(Nc1ncc(Sc2ncc[nH]2)s1)Nc1ccc(C(F)(F)F)cc1C(=O)C1CCCC1. The van der Waals surface area contributed by atoms with Crippen molar-refractivity contribution in [3.05, 3.63) is 47.9 Å². The van der Waals surface area contributed by atoms with E-state index in [4.69, 9.17) is 0 Å². The minimum absolute atomic E-state index is 0.0362. The average Bonchev–Trinajstić information content (AvgIpc) is 3.51. The summed E-state index contributed by atoms with van der Waals surface area (Å²) in [6.45, 7) is 0. The van der Waals surface area contributed by atoms with Crippen molar-refractivity contribution in [2.24, 2.45) is 5.92 Å². The van der Waals surface area contributed by atoms with Crippen molar-refractivity contribution in [3.8, 4) is 0 Å². The van der Waals surface area contributed by atoms with E-state index in [2.05, 4.69) is 25.6 Å². The number of benzene rings is 1. The maximum Gasteiger partial charge on any atom is 0.416 e. The number of halogens is 3. The summed E-state index contributed by atoms with van der Waals surface area (Å²) in [5.41, 5.74) is -1.02. The maximum absolute atomic E-state index is 13.2. The Labute approximate surface area is 189 Å². The number of Topliss-reactive ketones (excluding diaryl/α,β-unsaturated/α-hetero) is 1. The number of carbonyl (C=O) groups is 2. The summed E-state index contributed by atoms with van der Waals surface area (Å²) in [5.74, 6) is -0.711. The molecule has 0 atom stereocenters. The summed E-state index contributed by atoms with van der Waals surface area (Å²) in [6.07, 6.45) is 3.28. The Bertz CT molecular complexity index is 1110. The van der Waals surface area contributed by atoms with E-state index < -0.39 is 17.8 Å². The molecule has 2 aromatic heterocycles. The first-order valence-electron chi connectivity index (χ1n) is 9.76. The molecule has 3 aromatic rings. The topological polar surface area (TPSA) is 99.8 Å². The lowest BCUT2D eigenvalue weighted by Gasteiger charge is -2.16. The first-order chi connectivity index (χ1) is 15.3. The number of nitrogens with one attached hydrogen (secondary N) is 3. The van der Waals surface area contributed by atoms with E-state index >= 15 is 0 Å². The van der Waals surface area contributed by atoms with Gasteiger partial charge < -0.3 is 10.3 Å². The van der Waals surface area contributed by atoms with E-state index in [0.29, 0.717) is 23.1 Å². The van der Waals surface area contributed by atoms with Crippen molar-refractivity contribution in [2.45, 2.75) is 41.2 Å². The number of nitrogens with zero attached hydrogens (tertiary/aromatic N) is 2. The molecule has 0 spiro atoms. The number of ketones is 1. The minimum atomic E-state index is -4.59. The number of aromatic nitrogens is 3. The molecule has 1 saturated carbocycles. The molecule has 1 aromatic carbocycles. The zero-order chi connectivity index (χ0) is 22.7. The molecular weight excluding hydrogens is 463 g/mol. The second-order valence-electron chi connectivity index (χ2n) is 7.16. The Hall–Kier alpha value is -2.86. The monoisotopic (exact) mass is 481 g/mol. The first-order valence-corrected chi connectivity index (χ1v) is 11.4. The average molecular weight is 482 g/mol. The van der Waals surface area contributed by atoms with E-state index in [1.165, 1.54) is 23.1 Å². The van der Waals surface area contributed by atoms with Gasteiger partial charge in [0.25, 0.3) is 0 Å². The number of aromatic amines is 1. The molecule has 3 N–H and O–H groups in total. The Morgan fingerprint density at radius 1 is 1.16 bits per heavy atom. The van der Waals surface area contributed by atoms with Crippen LogP contribution in [-0.2, 0) is 6.18 Å². The quantitative estimate of drug-likeness (QED) is 0.372. The summed E-state index contributed by atoms with van der Waals surface area (Å²) in [6, 6.07) is 2.08. The summed E-state index contributed by atoms with van der Waals surface area (Å²) in [4.78, 5) is 36.5. The van der Waals surface area contributed by atoms with Crippen LogP contribution in [0.25, 0.3) is 0 Å². The standard InChI is InChI=1S/C20H18F3N5O2S2/c21-20(22,23)12-5-6-14(13(9-12)16(29)11-3-1-2-4-11)27-17(30)28-19-26-10-15(32-19)31-18-24-7-8-25-18/h5-11H,1-4H2,(H,24,25)(H2,26,27,28,30). The van der Waals surface area contributed by atoms with Gasteiger partial charge in [0.1, 0.15) is 0 Å². The highest BCUT2D eigenvalue weighted by molar-refractivity contribution is 8.01. The number of alkyl halides is 3. The third-order valence-electron chi connectivity index (χ3n) is 4.96. The zero-order valence-electron chi connectivity index (χ0n) is 16.5. The van der Waals surface area contributed by atoms with Gasteiger partial charge in [0.2, 0.25) is 0 Å². The van der Waals surface area contributed by atoms with Crippen molar-refractivity contribution < 1.29 is 22.8 Å². The van der Waals surface area contributed by atoms with E-state index in [9.17, 15) is 22.8 Å². The van der Waals surface area contributed by atoms with Gasteiger partial charge in [-0.15, -0.1) is 0 Å². The highest BCUT2D eigenvalue weighted by atomic mass is 32.2. The first kappa shape index (κ1) is 22.3. The number of anilines is 2. The number of H-pyrrole nitrogens is 1. The van der Waals surface area contributed by atoms with Crippen LogP contribution in [0.1, 0.15) is 41.6 Å². The van der Waals surface area contributed by atoms with Gasteiger partial charge in [-0.25, -0.2) is 14.8 Å². The molecule has 0 saturated heterocycles. The number of rotatable bonds is 6. The summed E-state index contributed by atoms with van der Waals surface area (Å²) < 4.78 is 40.4. The Morgan fingerprint density at radius 3 is 2.62 bits per heavy atom. The molecule has 32 heavy (non-hydrogen) atoms. The smallest absolute Gasteiger partial charge is 0.339 e. The molecule has 4 rings (SSSR count). The molecule has 0 unspecified atom stereocenters. The van der Waals surface area contributed by atoms with E-state index in [0.717, 1.165) is 35.2 Å². The molecule has 2 heterocycles. The van der Waals surface area contributed by atoms with Crippen LogP contribution in [0.15, 0.2) is 46.2 Å². The van der Waals surface area contributed by atoms with Crippen molar-refractivity contribution in [1.82, 2.24) is 15.0 Å². The van der Waals surface area contributed by atoms with Crippen molar-refractivity contribution in [1.29, 1.82) is 0 Å². The lowest BCUT2D eigenvalue weighted by atomic mass is 9.93. The molecule has 1 aliphatic rings. The number of hydrogen-bond donors (Lipinski definition) is 3. The Kier molecular flexibility index (Phi) is 6.51. The molecule has 1 aliphatic carbocycles. The minimum Gasteiger partial charge on any atom is -0.339 e. The normalized spacial score (nSPS) is 14.5. The summed E-state index contributed by atoms with van der Waals surface area (Å²) in [7, 11) is 0. The van der Waals surface area contributed by atoms with Gasteiger partial charge in [0.15, 0.2) is 16.1 Å². The van der Waals surface area contributed by atoms with Crippen LogP contribution in [0, 0.1) is 5.92 Å². The molecular formula is C20H18F3N5O2S2. The second-order valence-corrected chi connectivity index (χ2v) is 9.48. The molecule has 0 aliphatic heterocycles. The third-order valence-corrected chi connectivity index (χ3v) is 6.89. The van der Waals surface area contributed by atoms with Crippen molar-refractivity contribution in [3.63, 3.8) is 0 Å². The van der Waals surface area contributed by atoms with Gasteiger partial charge in [-0.1, -0.05) is 24.2 Å². The number of carbonyl (C=O) groups excluding carboxylic acids is 2. The molecule has 0 radical (unpaired) electrons. The summed E-state index contributed by atoms with van der Waals surface area (Å²) >= 11 is 2.55. The fourth-order valence-corrected chi connectivity index (χ4v) is 5.18. The van der Waals surface area contributed by atoms with Crippen LogP contribution in [0.2, 0.25) is 0 Å². The number of imidazole rings is 1. The lowest BCUT2D eigenvalue weighted by Crippen LogP contribution is -2.22.